The fourth-order valence-corrected chi connectivity index (χ4v) is 3.56. The summed E-state index contributed by atoms with van der Waals surface area (Å²) in [5.41, 5.74) is 1.09. The number of nitrogens with zero attached hydrogens (tertiary/aromatic N) is 1. The van der Waals surface area contributed by atoms with Gasteiger partial charge in [-0.2, -0.15) is 0 Å². The van der Waals surface area contributed by atoms with Crippen LogP contribution in [-0.2, 0) is 12.1 Å². The normalized spacial score (nSPS) is 18.2. The SMILES string of the molecule is C#CC1(c2ccco2)NC(=O)N(Cc2ccc(OC)cc2)c2ccc(Cl)cc21. The van der Waals surface area contributed by atoms with Gasteiger partial charge in [-0.25, -0.2) is 4.79 Å². The Morgan fingerprint density at radius 1 is 1.25 bits per heavy atom. The van der Waals surface area contributed by atoms with Gasteiger partial charge in [0.05, 0.1) is 25.6 Å². The first kappa shape index (κ1) is 18.0. The number of anilines is 1. The van der Waals surface area contributed by atoms with Gasteiger partial charge in [0, 0.05) is 10.6 Å². The summed E-state index contributed by atoms with van der Waals surface area (Å²) in [5.74, 6) is 3.91. The van der Waals surface area contributed by atoms with Crippen molar-refractivity contribution in [3.05, 3.63) is 82.8 Å². The standard InChI is InChI=1S/C22H17ClN2O3/c1-3-22(20-5-4-12-28-20)18-13-16(23)8-11-19(18)25(21(26)24-22)14-15-6-9-17(27-2)10-7-15/h1,4-13H,14H2,2H3,(H,24,26). The maximum absolute atomic E-state index is 13.1. The van der Waals surface area contributed by atoms with Gasteiger partial charge in [-0.3, -0.25) is 4.90 Å². The number of benzene rings is 2. The van der Waals surface area contributed by atoms with E-state index < -0.39 is 5.54 Å². The molecule has 1 atom stereocenters. The van der Waals surface area contributed by atoms with Crippen molar-refractivity contribution in [2.75, 3.05) is 12.0 Å². The van der Waals surface area contributed by atoms with E-state index in [-0.39, 0.29) is 6.03 Å². The predicted octanol–water partition coefficient (Wildman–Crippen LogP) is 4.55. The van der Waals surface area contributed by atoms with Gasteiger partial charge in [-0.05, 0) is 48.0 Å². The van der Waals surface area contributed by atoms with Crippen LogP contribution in [0.15, 0.2) is 65.3 Å². The molecule has 0 bridgehead atoms. The van der Waals surface area contributed by atoms with Crippen LogP contribution in [0.2, 0.25) is 5.02 Å². The van der Waals surface area contributed by atoms with Crippen molar-refractivity contribution in [2.24, 2.45) is 0 Å². The minimum atomic E-state index is -1.22. The number of amides is 2. The number of carbonyl (C=O) groups is 1. The van der Waals surface area contributed by atoms with E-state index in [2.05, 4.69) is 11.2 Å². The highest BCUT2D eigenvalue weighted by Crippen LogP contribution is 2.41. The number of nitrogens with one attached hydrogen (secondary N) is 1. The molecule has 0 spiro atoms. The number of hydrogen-bond acceptors (Lipinski definition) is 3. The van der Waals surface area contributed by atoms with Crippen LogP contribution in [0.5, 0.6) is 5.75 Å². The Bertz CT molecular complexity index is 1050. The second-order valence-corrected chi connectivity index (χ2v) is 6.83. The van der Waals surface area contributed by atoms with Crippen molar-refractivity contribution in [3.8, 4) is 18.1 Å². The molecule has 3 aromatic rings. The molecule has 0 radical (unpaired) electrons. The molecule has 2 aromatic carbocycles. The monoisotopic (exact) mass is 392 g/mol. The average Bonchev–Trinajstić information content (AvgIpc) is 3.26. The summed E-state index contributed by atoms with van der Waals surface area (Å²) in [6.07, 6.45) is 7.41. The Labute approximate surface area is 167 Å². The van der Waals surface area contributed by atoms with Crippen LogP contribution in [0.25, 0.3) is 0 Å². The van der Waals surface area contributed by atoms with Gasteiger partial charge < -0.3 is 14.5 Å². The summed E-state index contributed by atoms with van der Waals surface area (Å²) in [6.45, 7) is 0.364. The lowest BCUT2D eigenvalue weighted by molar-refractivity contribution is 0.235. The number of ether oxygens (including phenoxy) is 1. The molecule has 2 amide bonds. The van der Waals surface area contributed by atoms with Gasteiger partial charge in [0.25, 0.3) is 0 Å². The summed E-state index contributed by atoms with van der Waals surface area (Å²) < 4.78 is 10.8. The van der Waals surface area contributed by atoms with Crippen LogP contribution in [-0.4, -0.2) is 13.1 Å². The first-order valence-corrected chi connectivity index (χ1v) is 8.99. The third-order valence-electron chi connectivity index (χ3n) is 4.80. The summed E-state index contributed by atoms with van der Waals surface area (Å²) in [5, 5.41) is 3.45. The minimum absolute atomic E-state index is 0.319. The van der Waals surface area contributed by atoms with Gasteiger partial charge in [0.15, 0.2) is 5.54 Å². The lowest BCUT2D eigenvalue weighted by Gasteiger charge is -2.40. The molecule has 1 aliphatic heterocycles. The Morgan fingerprint density at radius 2 is 2.04 bits per heavy atom. The van der Waals surface area contributed by atoms with Gasteiger partial charge in [-0.1, -0.05) is 29.7 Å². The molecule has 1 aliphatic rings. The first-order chi connectivity index (χ1) is 13.6. The van der Waals surface area contributed by atoms with Crippen LogP contribution in [0.3, 0.4) is 0 Å². The molecule has 1 unspecified atom stereocenters. The van der Waals surface area contributed by atoms with E-state index in [1.54, 1.807) is 42.3 Å². The Hall–Kier alpha value is -3.36. The van der Waals surface area contributed by atoms with Crippen LogP contribution < -0.4 is 15.0 Å². The van der Waals surface area contributed by atoms with E-state index in [9.17, 15) is 4.79 Å². The number of halogens is 1. The Kier molecular flexibility index (Phi) is 4.50. The van der Waals surface area contributed by atoms with Gasteiger partial charge in [-0.15, -0.1) is 6.42 Å². The molecule has 0 saturated carbocycles. The number of carbonyl (C=O) groups excluding carboxylic acids is 1. The number of methoxy groups -OCH3 is 1. The molecule has 28 heavy (non-hydrogen) atoms. The van der Waals surface area contributed by atoms with E-state index in [0.29, 0.717) is 28.6 Å². The molecule has 140 valence electrons. The number of rotatable bonds is 4. The summed E-state index contributed by atoms with van der Waals surface area (Å²) in [4.78, 5) is 14.7. The van der Waals surface area contributed by atoms with Crippen molar-refractivity contribution in [1.82, 2.24) is 5.32 Å². The van der Waals surface area contributed by atoms with Crippen molar-refractivity contribution in [3.63, 3.8) is 0 Å². The summed E-state index contributed by atoms with van der Waals surface area (Å²) >= 11 is 6.26. The zero-order valence-electron chi connectivity index (χ0n) is 15.1. The minimum Gasteiger partial charge on any atom is -0.497 e. The fraction of sp³-hybridized carbons (Fsp3) is 0.136. The molecule has 0 saturated heterocycles. The number of urea groups is 1. The highest BCUT2D eigenvalue weighted by atomic mass is 35.5. The van der Waals surface area contributed by atoms with Crippen molar-refractivity contribution in [1.29, 1.82) is 0 Å². The smallest absolute Gasteiger partial charge is 0.324 e. The number of hydrogen-bond donors (Lipinski definition) is 1. The van der Waals surface area contributed by atoms with Crippen LogP contribution in [0, 0.1) is 12.3 Å². The van der Waals surface area contributed by atoms with Crippen LogP contribution >= 0.6 is 11.6 Å². The van der Waals surface area contributed by atoms with Crippen LogP contribution in [0.4, 0.5) is 10.5 Å². The van der Waals surface area contributed by atoms with E-state index >= 15 is 0 Å². The van der Waals surface area contributed by atoms with Gasteiger partial charge >= 0.3 is 6.03 Å². The van der Waals surface area contributed by atoms with Crippen LogP contribution in [0.1, 0.15) is 16.9 Å². The quantitative estimate of drug-likeness (QED) is 0.663. The molecule has 2 heterocycles. The van der Waals surface area contributed by atoms with E-state index in [1.807, 2.05) is 24.3 Å². The zero-order chi connectivity index (χ0) is 19.7. The predicted molar refractivity (Wildman–Crippen MR) is 107 cm³/mol. The topological polar surface area (TPSA) is 54.7 Å². The highest BCUT2D eigenvalue weighted by Gasteiger charge is 2.45. The third-order valence-corrected chi connectivity index (χ3v) is 5.04. The average molecular weight is 393 g/mol. The Balaban J connectivity index is 1.81. The highest BCUT2D eigenvalue weighted by molar-refractivity contribution is 6.30. The van der Waals surface area contributed by atoms with E-state index in [1.165, 1.54) is 6.26 Å². The third kappa shape index (κ3) is 2.88. The molecular formula is C22H17ClN2O3. The van der Waals surface area contributed by atoms with Gasteiger partial charge in [0.2, 0.25) is 0 Å². The lowest BCUT2D eigenvalue weighted by Crippen LogP contribution is -2.56. The molecule has 1 aromatic heterocycles. The van der Waals surface area contributed by atoms with Crippen molar-refractivity contribution >= 4 is 23.3 Å². The largest absolute Gasteiger partial charge is 0.497 e. The molecule has 1 N–H and O–H groups in total. The molecule has 5 nitrogen and oxygen atoms in total. The maximum atomic E-state index is 13.1. The maximum Gasteiger partial charge on any atom is 0.324 e. The molecular weight excluding hydrogens is 376 g/mol. The van der Waals surface area contributed by atoms with Crippen molar-refractivity contribution < 1.29 is 13.9 Å². The number of fused-ring (bicyclic) bond motifs is 1. The second-order valence-electron chi connectivity index (χ2n) is 6.40. The van der Waals surface area contributed by atoms with E-state index in [0.717, 1.165) is 11.3 Å². The number of terminal acetylenes is 1. The lowest BCUT2D eigenvalue weighted by atomic mass is 9.84. The molecule has 0 aliphatic carbocycles. The molecule has 4 rings (SSSR count). The second kappa shape index (κ2) is 6.99. The Morgan fingerprint density at radius 3 is 2.68 bits per heavy atom. The summed E-state index contributed by atoms with van der Waals surface area (Å²) in [7, 11) is 1.61. The van der Waals surface area contributed by atoms with E-state index in [4.69, 9.17) is 27.2 Å². The molecule has 6 heteroatoms. The van der Waals surface area contributed by atoms with Gasteiger partial charge in [0.1, 0.15) is 11.5 Å². The summed E-state index contributed by atoms with van der Waals surface area (Å²) in [6, 6.07) is 16.0. The first-order valence-electron chi connectivity index (χ1n) is 8.62. The molecule has 0 fully saturated rings. The number of furan rings is 1. The van der Waals surface area contributed by atoms with Crippen molar-refractivity contribution in [2.45, 2.75) is 12.1 Å². The fourth-order valence-electron chi connectivity index (χ4n) is 3.39. The zero-order valence-corrected chi connectivity index (χ0v) is 15.9.